The topological polar surface area (TPSA) is 73.6 Å². The van der Waals surface area contributed by atoms with Gasteiger partial charge in [-0.05, 0) is 36.8 Å². The van der Waals surface area contributed by atoms with E-state index in [0.717, 1.165) is 16.3 Å². The zero-order valence-electron chi connectivity index (χ0n) is 14.9. The lowest BCUT2D eigenvalue weighted by atomic mass is 10.1. The van der Waals surface area contributed by atoms with Crippen molar-refractivity contribution in [1.82, 2.24) is 10.3 Å². The molecule has 1 N–H and O–H groups in total. The lowest BCUT2D eigenvalue weighted by Gasteiger charge is -2.09. The van der Waals surface area contributed by atoms with Crippen molar-refractivity contribution in [3.63, 3.8) is 0 Å². The predicted octanol–water partition coefficient (Wildman–Crippen LogP) is 3.59. The van der Waals surface area contributed by atoms with E-state index >= 15 is 0 Å². The summed E-state index contributed by atoms with van der Waals surface area (Å²) in [7, 11) is 3.15. The molecule has 0 atom stereocenters. The van der Waals surface area contributed by atoms with E-state index in [1.54, 1.807) is 37.7 Å². The summed E-state index contributed by atoms with van der Waals surface area (Å²) >= 11 is 1.57. The van der Waals surface area contributed by atoms with Crippen LogP contribution in [0.15, 0.2) is 40.1 Å². The molecule has 3 rings (SSSR count). The highest BCUT2D eigenvalue weighted by atomic mass is 32.1. The van der Waals surface area contributed by atoms with E-state index in [1.807, 2.05) is 30.5 Å². The monoisotopic (exact) mass is 372 g/mol. The second-order valence-corrected chi connectivity index (χ2v) is 6.72. The Hall–Kier alpha value is -2.80. The van der Waals surface area contributed by atoms with E-state index in [-0.39, 0.29) is 12.3 Å². The third-order valence-electron chi connectivity index (χ3n) is 3.81. The average molecular weight is 372 g/mol. The molecule has 1 amide bonds. The normalized spacial score (nSPS) is 10.6. The van der Waals surface area contributed by atoms with Gasteiger partial charge in [-0.1, -0.05) is 6.07 Å². The first-order valence-corrected chi connectivity index (χ1v) is 8.96. The Morgan fingerprint density at radius 1 is 1.19 bits per heavy atom. The summed E-state index contributed by atoms with van der Waals surface area (Å²) in [6.07, 6.45) is 0.249. The van der Waals surface area contributed by atoms with Crippen LogP contribution in [0.5, 0.6) is 11.5 Å². The van der Waals surface area contributed by atoms with Crippen LogP contribution in [-0.2, 0) is 17.8 Å². The highest BCUT2D eigenvalue weighted by Gasteiger charge is 2.11. The van der Waals surface area contributed by atoms with Crippen LogP contribution in [0.4, 0.5) is 0 Å². The molecule has 0 fully saturated rings. The van der Waals surface area contributed by atoms with Crippen molar-refractivity contribution in [2.45, 2.75) is 19.9 Å². The zero-order chi connectivity index (χ0) is 18.5. The Morgan fingerprint density at radius 2 is 2.00 bits per heavy atom. The summed E-state index contributed by atoms with van der Waals surface area (Å²) < 4.78 is 16.2. The number of hydrogen-bond donors (Lipinski definition) is 1. The molecular formula is C19H20N2O4S. The van der Waals surface area contributed by atoms with Crippen molar-refractivity contribution in [2.24, 2.45) is 0 Å². The number of rotatable bonds is 7. The van der Waals surface area contributed by atoms with Crippen LogP contribution in [-0.4, -0.2) is 25.1 Å². The first-order valence-electron chi connectivity index (χ1n) is 8.08. The van der Waals surface area contributed by atoms with Crippen LogP contribution in [0.2, 0.25) is 0 Å². The highest BCUT2D eigenvalue weighted by Crippen LogP contribution is 2.27. The van der Waals surface area contributed by atoms with Gasteiger partial charge in [-0.3, -0.25) is 4.79 Å². The fourth-order valence-corrected chi connectivity index (χ4v) is 3.11. The van der Waals surface area contributed by atoms with Gasteiger partial charge in [0.25, 0.3) is 0 Å². The van der Waals surface area contributed by atoms with Gasteiger partial charge in [0, 0.05) is 5.38 Å². The number of aromatic nitrogens is 1. The van der Waals surface area contributed by atoms with Gasteiger partial charge in [-0.15, -0.1) is 11.3 Å². The molecule has 3 aromatic rings. The predicted molar refractivity (Wildman–Crippen MR) is 99.6 cm³/mol. The van der Waals surface area contributed by atoms with Crippen molar-refractivity contribution < 1.29 is 18.7 Å². The molecule has 0 saturated heterocycles. The molecule has 0 aliphatic heterocycles. The van der Waals surface area contributed by atoms with E-state index in [1.165, 1.54) is 0 Å². The minimum Gasteiger partial charge on any atom is -0.493 e. The minimum absolute atomic E-state index is 0.0975. The molecule has 6 nitrogen and oxygen atoms in total. The maximum atomic E-state index is 12.2. The number of hydrogen-bond acceptors (Lipinski definition) is 6. The molecule has 7 heteroatoms. The van der Waals surface area contributed by atoms with Gasteiger partial charge < -0.3 is 19.2 Å². The number of carbonyl (C=O) groups is 1. The zero-order valence-corrected chi connectivity index (χ0v) is 15.7. The van der Waals surface area contributed by atoms with Gasteiger partial charge in [0.05, 0.1) is 32.2 Å². The fraction of sp³-hybridized carbons (Fsp3) is 0.263. The molecule has 1 aromatic carbocycles. The number of nitrogens with one attached hydrogen (secondary N) is 1. The molecule has 0 aliphatic rings. The first kappa shape index (κ1) is 18.0. The fourth-order valence-electron chi connectivity index (χ4n) is 2.51. The number of aryl methyl sites for hydroxylation is 1. The molecule has 0 spiro atoms. The molecule has 0 radical (unpaired) electrons. The van der Waals surface area contributed by atoms with Crippen molar-refractivity contribution in [1.29, 1.82) is 0 Å². The Morgan fingerprint density at radius 3 is 2.69 bits per heavy atom. The van der Waals surface area contributed by atoms with Crippen molar-refractivity contribution >= 4 is 17.2 Å². The maximum Gasteiger partial charge on any atom is 0.224 e. The van der Waals surface area contributed by atoms with Crippen molar-refractivity contribution in [3.8, 4) is 23.0 Å². The molecule has 2 heterocycles. The third kappa shape index (κ3) is 4.23. The number of furan rings is 1. The van der Waals surface area contributed by atoms with Gasteiger partial charge in [-0.25, -0.2) is 4.98 Å². The quantitative estimate of drug-likeness (QED) is 0.686. The van der Waals surface area contributed by atoms with Gasteiger partial charge >= 0.3 is 0 Å². The van der Waals surface area contributed by atoms with Gasteiger partial charge in [0.1, 0.15) is 11.5 Å². The van der Waals surface area contributed by atoms with Crippen LogP contribution in [0, 0.1) is 6.92 Å². The number of thiazole rings is 1. The lowest BCUT2D eigenvalue weighted by Crippen LogP contribution is -2.24. The Bertz CT molecular complexity index is 901. The standard InChI is InChI=1S/C19H20N2O4S/c1-12-21-15(11-26-12)16-7-5-14(25-16)10-20-19(22)9-13-4-6-17(23-2)18(8-13)24-3/h4-8,11H,9-10H2,1-3H3,(H,20,22). The van der Waals surface area contributed by atoms with Crippen LogP contribution in [0.1, 0.15) is 16.3 Å². The number of benzene rings is 1. The van der Waals surface area contributed by atoms with Gasteiger partial charge in [0.15, 0.2) is 17.3 Å². The number of amides is 1. The van der Waals surface area contributed by atoms with E-state index in [4.69, 9.17) is 13.9 Å². The summed E-state index contributed by atoms with van der Waals surface area (Å²) in [4.78, 5) is 16.6. The van der Waals surface area contributed by atoms with Crippen LogP contribution >= 0.6 is 11.3 Å². The SMILES string of the molecule is COc1ccc(CC(=O)NCc2ccc(-c3csc(C)n3)o2)cc1OC. The van der Waals surface area contributed by atoms with Crippen LogP contribution in [0.25, 0.3) is 11.5 Å². The number of nitrogens with zero attached hydrogens (tertiary/aromatic N) is 1. The van der Waals surface area contributed by atoms with Gasteiger partial charge in [0.2, 0.25) is 5.91 Å². The molecule has 0 saturated carbocycles. The second-order valence-electron chi connectivity index (χ2n) is 5.66. The molecule has 26 heavy (non-hydrogen) atoms. The molecule has 0 aliphatic carbocycles. The molecule has 136 valence electrons. The Balaban J connectivity index is 1.57. The molecular weight excluding hydrogens is 352 g/mol. The van der Waals surface area contributed by atoms with E-state index in [2.05, 4.69) is 10.3 Å². The van der Waals surface area contributed by atoms with E-state index in [9.17, 15) is 4.79 Å². The van der Waals surface area contributed by atoms with Crippen LogP contribution in [0.3, 0.4) is 0 Å². The summed E-state index contributed by atoms with van der Waals surface area (Å²) in [5, 5.41) is 5.80. The smallest absolute Gasteiger partial charge is 0.224 e. The van der Waals surface area contributed by atoms with Crippen molar-refractivity contribution in [2.75, 3.05) is 14.2 Å². The summed E-state index contributed by atoms with van der Waals surface area (Å²) in [5.74, 6) is 2.54. The molecule has 2 aromatic heterocycles. The second kappa shape index (κ2) is 8.05. The first-order chi connectivity index (χ1) is 12.6. The third-order valence-corrected chi connectivity index (χ3v) is 4.58. The van der Waals surface area contributed by atoms with E-state index in [0.29, 0.717) is 29.6 Å². The Labute approximate surface area is 155 Å². The summed E-state index contributed by atoms with van der Waals surface area (Å²) in [5.41, 5.74) is 1.66. The van der Waals surface area contributed by atoms with E-state index < -0.39 is 0 Å². The lowest BCUT2D eigenvalue weighted by molar-refractivity contribution is -0.120. The Kier molecular flexibility index (Phi) is 5.58. The van der Waals surface area contributed by atoms with Crippen LogP contribution < -0.4 is 14.8 Å². The largest absolute Gasteiger partial charge is 0.493 e. The maximum absolute atomic E-state index is 12.2. The molecule has 0 bridgehead atoms. The summed E-state index contributed by atoms with van der Waals surface area (Å²) in [6.45, 7) is 2.28. The van der Waals surface area contributed by atoms with Crippen molar-refractivity contribution in [3.05, 3.63) is 52.0 Å². The highest BCUT2D eigenvalue weighted by molar-refractivity contribution is 7.09. The van der Waals surface area contributed by atoms with Gasteiger partial charge in [-0.2, -0.15) is 0 Å². The molecule has 0 unspecified atom stereocenters. The average Bonchev–Trinajstić information content (AvgIpc) is 3.28. The number of carbonyl (C=O) groups excluding carboxylic acids is 1. The number of methoxy groups -OCH3 is 2. The minimum atomic E-state index is -0.0975. The number of ether oxygens (including phenoxy) is 2. The summed E-state index contributed by atoms with van der Waals surface area (Å²) in [6, 6.07) is 9.14.